The zero-order valence-corrected chi connectivity index (χ0v) is 15.9. The monoisotopic (exact) mass is 372 g/mol. The lowest BCUT2D eigenvalue weighted by Crippen LogP contribution is -2.39. The molecule has 1 amide bonds. The van der Waals surface area contributed by atoms with E-state index < -0.39 is 10.0 Å². The highest BCUT2D eigenvalue weighted by Gasteiger charge is 2.22. The van der Waals surface area contributed by atoms with E-state index in [0.717, 1.165) is 31.5 Å². The summed E-state index contributed by atoms with van der Waals surface area (Å²) in [7, 11) is -3.68. The predicted octanol–water partition coefficient (Wildman–Crippen LogP) is 3.67. The van der Waals surface area contributed by atoms with Gasteiger partial charge in [-0.25, -0.2) is 8.42 Å². The van der Waals surface area contributed by atoms with Crippen molar-refractivity contribution in [2.45, 2.75) is 31.6 Å². The zero-order chi connectivity index (χ0) is 18.7. The first-order valence-corrected chi connectivity index (χ1v) is 10.3. The second-order valence-electron chi connectivity index (χ2n) is 7.00. The molecule has 6 heteroatoms. The van der Waals surface area contributed by atoms with Gasteiger partial charge in [-0.2, -0.15) is 0 Å². The van der Waals surface area contributed by atoms with Gasteiger partial charge in [0.05, 0.1) is 4.90 Å². The van der Waals surface area contributed by atoms with Crippen molar-refractivity contribution in [3.63, 3.8) is 0 Å². The van der Waals surface area contributed by atoms with Crippen LogP contribution in [0.2, 0.25) is 0 Å². The van der Waals surface area contributed by atoms with Crippen molar-refractivity contribution in [3.8, 4) is 0 Å². The molecule has 0 saturated carbocycles. The van der Waals surface area contributed by atoms with Crippen molar-refractivity contribution in [2.75, 3.05) is 17.8 Å². The molecule has 1 N–H and O–H groups in total. The molecule has 26 heavy (non-hydrogen) atoms. The van der Waals surface area contributed by atoms with Crippen LogP contribution in [-0.4, -0.2) is 32.3 Å². The smallest absolute Gasteiger partial charge is 0.261 e. The minimum Gasteiger partial charge on any atom is -0.338 e. The van der Waals surface area contributed by atoms with E-state index in [-0.39, 0.29) is 10.8 Å². The number of nitrogens with one attached hydrogen (secondary N) is 1. The molecule has 1 atom stereocenters. The summed E-state index contributed by atoms with van der Waals surface area (Å²) in [6.45, 7) is 5.55. The van der Waals surface area contributed by atoms with E-state index in [2.05, 4.69) is 11.6 Å². The Morgan fingerprint density at radius 2 is 1.88 bits per heavy atom. The maximum atomic E-state index is 12.7. The number of hydrogen-bond donors (Lipinski definition) is 1. The number of nitrogens with zero attached hydrogens (tertiary/aromatic N) is 1. The van der Waals surface area contributed by atoms with Crippen molar-refractivity contribution < 1.29 is 13.2 Å². The van der Waals surface area contributed by atoms with Crippen molar-refractivity contribution in [1.29, 1.82) is 0 Å². The first-order chi connectivity index (χ1) is 12.3. The maximum absolute atomic E-state index is 12.7. The molecule has 1 fully saturated rings. The molecule has 1 aliphatic rings. The Labute approximate surface area is 155 Å². The predicted molar refractivity (Wildman–Crippen MR) is 103 cm³/mol. The number of sulfonamides is 1. The molecule has 0 aromatic heterocycles. The van der Waals surface area contributed by atoms with Crippen LogP contribution in [0, 0.1) is 12.8 Å². The third-order valence-corrected chi connectivity index (χ3v) is 6.03. The van der Waals surface area contributed by atoms with E-state index in [0.29, 0.717) is 17.2 Å². The van der Waals surface area contributed by atoms with Crippen LogP contribution in [0.5, 0.6) is 0 Å². The molecule has 5 nitrogen and oxygen atoms in total. The molecule has 0 aliphatic carbocycles. The first kappa shape index (κ1) is 18.5. The highest BCUT2D eigenvalue weighted by atomic mass is 32.2. The van der Waals surface area contributed by atoms with Gasteiger partial charge in [0.2, 0.25) is 0 Å². The summed E-state index contributed by atoms with van der Waals surface area (Å²) in [4.78, 5) is 14.8. The van der Waals surface area contributed by atoms with Gasteiger partial charge in [0.25, 0.3) is 15.9 Å². The van der Waals surface area contributed by atoms with E-state index in [9.17, 15) is 13.2 Å². The van der Waals surface area contributed by atoms with Gasteiger partial charge in [-0.15, -0.1) is 0 Å². The third kappa shape index (κ3) is 4.25. The fourth-order valence-electron chi connectivity index (χ4n) is 3.20. The molecule has 0 unspecified atom stereocenters. The number of carbonyl (C=O) groups excluding carboxylic acids is 1. The average molecular weight is 372 g/mol. The first-order valence-electron chi connectivity index (χ1n) is 8.84. The zero-order valence-electron chi connectivity index (χ0n) is 15.1. The van der Waals surface area contributed by atoms with Crippen LogP contribution in [0.1, 0.15) is 35.7 Å². The van der Waals surface area contributed by atoms with Crippen LogP contribution in [0.15, 0.2) is 53.4 Å². The van der Waals surface area contributed by atoms with Crippen LogP contribution in [0.3, 0.4) is 0 Å². The SMILES string of the molecule is Cc1ccc(S(=O)(=O)Nc2cccc(C(=O)N3CCC[C@H](C)C3)c2)cc1. The number of benzene rings is 2. The van der Waals surface area contributed by atoms with Gasteiger partial charge < -0.3 is 4.90 Å². The van der Waals surface area contributed by atoms with Crippen molar-refractivity contribution >= 4 is 21.6 Å². The van der Waals surface area contributed by atoms with E-state index in [4.69, 9.17) is 0 Å². The summed E-state index contributed by atoms with van der Waals surface area (Å²) in [6, 6.07) is 13.3. The summed E-state index contributed by atoms with van der Waals surface area (Å²) in [6.07, 6.45) is 2.15. The molecule has 1 heterocycles. The number of likely N-dealkylation sites (tertiary alicyclic amines) is 1. The lowest BCUT2D eigenvalue weighted by atomic mass is 9.99. The standard InChI is InChI=1S/C20H24N2O3S/c1-15-8-10-19(11-9-15)26(24,25)21-18-7-3-6-17(13-18)20(23)22-12-4-5-16(2)14-22/h3,6-11,13,16,21H,4-5,12,14H2,1-2H3/t16-/m0/s1. The molecule has 138 valence electrons. The molecular formula is C20H24N2O3S. The second-order valence-corrected chi connectivity index (χ2v) is 8.68. The van der Waals surface area contributed by atoms with Crippen LogP contribution in [-0.2, 0) is 10.0 Å². The van der Waals surface area contributed by atoms with E-state index in [1.807, 2.05) is 11.8 Å². The summed E-state index contributed by atoms with van der Waals surface area (Å²) >= 11 is 0. The molecule has 0 radical (unpaired) electrons. The van der Waals surface area contributed by atoms with Gasteiger partial charge in [-0.1, -0.05) is 30.7 Å². The Bertz CT molecular complexity index is 892. The molecule has 2 aromatic carbocycles. The Morgan fingerprint density at radius 3 is 2.58 bits per heavy atom. The maximum Gasteiger partial charge on any atom is 0.261 e. The Hall–Kier alpha value is -2.34. The van der Waals surface area contributed by atoms with Crippen LogP contribution in [0.4, 0.5) is 5.69 Å². The highest BCUT2D eigenvalue weighted by Crippen LogP contribution is 2.21. The van der Waals surface area contributed by atoms with Crippen molar-refractivity contribution in [2.24, 2.45) is 5.92 Å². The van der Waals surface area contributed by atoms with Crippen LogP contribution >= 0.6 is 0 Å². The van der Waals surface area contributed by atoms with Gasteiger partial charge in [-0.05, 0) is 56.0 Å². The average Bonchev–Trinajstić information content (AvgIpc) is 2.61. The number of hydrogen-bond acceptors (Lipinski definition) is 3. The number of rotatable bonds is 4. The Balaban J connectivity index is 1.78. The van der Waals surface area contributed by atoms with Gasteiger partial charge in [0, 0.05) is 24.3 Å². The minimum atomic E-state index is -3.68. The van der Waals surface area contributed by atoms with E-state index in [1.165, 1.54) is 0 Å². The second kappa shape index (κ2) is 7.50. The highest BCUT2D eigenvalue weighted by molar-refractivity contribution is 7.92. The summed E-state index contributed by atoms with van der Waals surface area (Å²) in [5, 5.41) is 0. The number of aryl methyl sites for hydroxylation is 1. The van der Waals surface area contributed by atoms with Crippen molar-refractivity contribution in [1.82, 2.24) is 4.90 Å². The normalized spacial score (nSPS) is 17.8. The summed E-state index contributed by atoms with van der Waals surface area (Å²) in [5.74, 6) is 0.448. The molecule has 1 aliphatic heterocycles. The lowest BCUT2D eigenvalue weighted by Gasteiger charge is -2.31. The van der Waals surface area contributed by atoms with E-state index >= 15 is 0 Å². The molecule has 0 spiro atoms. The van der Waals surface area contributed by atoms with Crippen LogP contribution < -0.4 is 4.72 Å². The van der Waals surface area contributed by atoms with E-state index in [1.54, 1.807) is 48.5 Å². The quantitative estimate of drug-likeness (QED) is 0.890. The minimum absolute atomic E-state index is 0.0482. The van der Waals surface area contributed by atoms with Gasteiger partial charge in [0.1, 0.15) is 0 Å². The fraction of sp³-hybridized carbons (Fsp3) is 0.350. The largest absolute Gasteiger partial charge is 0.338 e. The third-order valence-electron chi connectivity index (χ3n) is 4.64. The number of piperidine rings is 1. The van der Waals surface area contributed by atoms with Crippen LogP contribution in [0.25, 0.3) is 0 Å². The fourth-order valence-corrected chi connectivity index (χ4v) is 4.25. The van der Waals surface area contributed by atoms with Gasteiger partial charge in [-0.3, -0.25) is 9.52 Å². The molecule has 3 rings (SSSR count). The number of amides is 1. The Kier molecular flexibility index (Phi) is 5.32. The van der Waals surface area contributed by atoms with Gasteiger partial charge >= 0.3 is 0 Å². The van der Waals surface area contributed by atoms with Gasteiger partial charge in [0.15, 0.2) is 0 Å². The molecular weight excluding hydrogens is 348 g/mol. The molecule has 0 bridgehead atoms. The summed E-state index contributed by atoms with van der Waals surface area (Å²) < 4.78 is 27.6. The molecule has 2 aromatic rings. The topological polar surface area (TPSA) is 66.5 Å². The number of anilines is 1. The Morgan fingerprint density at radius 1 is 1.15 bits per heavy atom. The lowest BCUT2D eigenvalue weighted by molar-refractivity contribution is 0.0683. The van der Waals surface area contributed by atoms with Crippen molar-refractivity contribution in [3.05, 3.63) is 59.7 Å². The number of carbonyl (C=O) groups is 1. The molecule has 1 saturated heterocycles. The summed E-state index contributed by atoms with van der Waals surface area (Å²) in [5.41, 5.74) is 1.89.